The lowest BCUT2D eigenvalue weighted by molar-refractivity contribution is -0.149. The molecule has 2 fully saturated rings. The van der Waals surface area contributed by atoms with Gasteiger partial charge in [-0.05, 0) is 31.6 Å². The van der Waals surface area contributed by atoms with Crippen LogP contribution in [0.4, 0.5) is 0 Å². The maximum Gasteiger partial charge on any atom is 0.245 e. The highest BCUT2D eigenvalue weighted by molar-refractivity contribution is 5.96. The minimum absolute atomic E-state index is 0.00361. The van der Waals surface area contributed by atoms with Crippen molar-refractivity contribution in [3.8, 4) is 0 Å². The van der Waals surface area contributed by atoms with Crippen molar-refractivity contribution in [3.05, 3.63) is 0 Å². The second kappa shape index (κ2) is 7.28. The average Bonchev–Trinajstić information content (AvgIpc) is 2.45. The van der Waals surface area contributed by atoms with Crippen molar-refractivity contribution >= 4 is 11.8 Å². The van der Waals surface area contributed by atoms with Gasteiger partial charge in [-0.2, -0.15) is 0 Å². The molecule has 2 unspecified atom stereocenters. The highest BCUT2D eigenvalue weighted by atomic mass is 16.2. The molecular weight excluding hydrogens is 264 g/mol. The molecule has 0 aromatic carbocycles. The van der Waals surface area contributed by atoms with Crippen molar-refractivity contribution in [2.75, 3.05) is 6.54 Å². The van der Waals surface area contributed by atoms with E-state index in [4.69, 9.17) is 0 Å². The average molecular weight is 294 g/mol. The summed E-state index contributed by atoms with van der Waals surface area (Å²) < 4.78 is 0. The zero-order valence-electron chi connectivity index (χ0n) is 13.7. The van der Waals surface area contributed by atoms with Gasteiger partial charge in [-0.3, -0.25) is 9.59 Å². The van der Waals surface area contributed by atoms with Crippen LogP contribution in [0.3, 0.4) is 0 Å². The SMILES string of the molecule is CC(C)CC1NC(=O)C(C)N(CCC2CCCCC2)C1=O. The van der Waals surface area contributed by atoms with E-state index in [2.05, 4.69) is 19.2 Å². The lowest BCUT2D eigenvalue weighted by Gasteiger charge is -2.38. The summed E-state index contributed by atoms with van der Waals surface area (Å²) in [6.07, 6.45) is 8.37. The molecule has 1 saturated carbocycles. The van der Waals surface area contributed by atoms with Gasteiger partial charge in [0.05, 0.1) is 0 Å². The summed E-state index contributed by atoms with van der Waals surface area (Å²) in [4.78, 5) is 26.5. The molecule has 4 heteroatoms. The van der Waals surface area contributed by atoms with E-state index in [1.807, 2.05) is 11.8 Å². The standard InChI is InChI=1S/C17H30N2O2/c1-12(2)11-15-17(21)19(13(3)16(20)18-15)10-9-14-7-5-4-6-8-14/h12-15H,4-11H2,1-3H3,(H,18,20). The molecule has 2 amide bonds. The van der Waals surface area contributed by atoms with E-state index in [1.54, 1.807) is 0 Å². The predicted molar refractivity (Wildman–Crippen MR) is 83.8 cm³/mol. The zero-order chi connectivity index (χ0) is 15.4. The van der Waals surface area contributed by atoms with Crippen molar-refractivity contribution in [2.24, 2.45) is 11.8 Å². The maximum absolute atomic E-state index is 12.6. The normalized spacial score (nSPS) is 28.1. The van der Waals surface area contributed by atoms with Crippen molar-refractivity contribution < 1.29 is 9.59 Å². The molecule has 0 aromatic rings. The van der Waals surface area contributed by atoms with Crippen LogP contribution in [-0.2, 0) is 9.59 Å². The minimum Gasteiger partial charge on any atom is -0.343 e. The Bertz CT molecular complexity index is 375. The third kappa shape index (κ3) is 4.21. The lowest BCUT2D eigenvalue weighted by atomic mass is 9.86. The third-order valence-electron chi connectivity index (χ3n) is 4.95. The first-order chi connectivity index (χ1) is 9.99. The van der Waals surface area contributed by atoms with Gasteiger partial charge in [0.1, 0.15) is 12.1 Å². The molecule has 0 bridgehead atoms. The highest BCUT2D eigenvalue weighted by Gasteiger charge is 2.38. The molecule has 0 spiro atoms. The molecule has 1 heterocycles. The fourth-order valence-electron chi connectivity index (χ4n) is 3.62. The van der Waals surface area contributed by atoms with Crippen molar-refractivity contribution in [2.45, 2.75) is 77.8 Å². The largest absolute Gasteiger partial charge is 0.343 e. The number of nitrogens with zero attached hydrogens (tertiary/aromatic N) is 1. The quantitative estimate of drug-likeness (QED) is 0.847. The Balaban J connectivity index is 1.94. The van der Waals surface area contributed by atoms with Gasteiger partial charge in [-0.1, -0.05) is 46.0 Å². The number of amides is 2. The summed E-state index contributed by atoms with van der Waals surface area (Å²) in [6, 6.07) is -0.635. The van der Waals surface area contributed by atoms with Crippen molar-refractivity contribution in [1.82, 2.24) is 10.2 Å². The van der Waals surface area contributed by atoms with E-state index in [-0.39, 0.29) is 23.9 Å². The number of nitrogens with one attached hydrogen (secondary N) is 1. The monoisotopic (exact) mass is 294 g/mol. The molecule has 1 aliphatic heterocycles. The van der Waals surface area contributed by atoms with Gasteiger partial charge in [0, 0.05) is 6.54 Å². The summed E-state index contributed by atoms with van der Waals surface area (Å²) in [5.74, 6) is 1.27. The van der Waals surface area contributed by atoms with Gasteiger partial charge in [0.25, 0.3) is 0 Å². The van der Waals surface area contributed by atoms with Crippen LogP contribution in [0.1, 0.15) is 65.7 Å². The molecule has 4 nitrogen and oxygen atoms in total. The van der Waals surface area contributed by atoms with E-state index in [0.29, 0.717) is 5.92 Å². The van der Waals surface area contributed by atoms with Crippen LogP contribution in [-0.4, -0.2) is 35.3 Å². The summed E-state index contributed by atoms with van der Waals surface area (Å²) >= 11 is 0. The van der Waals surface area contributed by atoms with Gasteiger partial charge in [0.15, 0.2) is 0 Å². The summed E-state index contributed by atoms with van der Waals surface area (Å²) in [6.45, 7) is 6.76. The molecule has 1 aliphatic carbocycles. The molecular formula is C17H30N2O2. The Kier molecular flexibility index (Phi) is 5.65. The van der Waals surface area contributed by atoms with Gasteiger partial charge >= 0.3 is 0 Å². The molecule has 0 aromatic heterocycles. The van der Waals surface area contributed by atoms with Crippen LogP contribution < -0.4 is 5.32 Å². The van der Waals surface area contributed by atoms with E-state index in [1.165, 1.54) is 32.1 Å². The van der Waals surface area contributed by atoms with Crippen molar-refractivity contribution in [3.63, 3.8) is 0 Å². The van der Waals surface area contributed by atoms with E-state index >= 15 is 0 Å². The molecule has 21 heavy (non-hydrogen) atoms. The Morgan fingerprint density at radius 2 is 1.86 bits per heavy atom. The second-order valence-electron chi connectivity index (χ2n) is 7.19. The van der Waals surface area contributed by atoms with E-state index < -0.39 is 0 Å². The molecule has 1 N–H and O–H groups in total. The summed E-state index contributed by atoms with van der Waals surface area (Å²) in [5, 5.41) is 2.89. The second-order valence-corrected chi connectivity index (χ2v) is 7.19. The van der Waals surface area contributed by atoms with E-state index in [9.17, 15) is 9.59 Å². The Morgan fingerprint density at radius 1 is 1.19 bits per heavy atom. The van der Waals surface area contributed by atoms with Crippen LogP contribution in [0, 0.1) is 11.8 Å². The van der Waals surface area contributed by atoms with E-state index in [0.717, 1.165) is 25.3 Å². The Hall–Kier alpha value is -1.06. The maximum atomic E-state index is 12.6. The minimum atomic E-state index is -0.319. The Morgan fingerprint density at radius 3 is 2.48 bits per heavy atom. The number of hydrogen-bond acceptors (Lipinski definition) is 2. The topological polar surface area (TPSA) is 49.4 Å². The molecule has 1 saturated heterocycles. The van der Waals surface area contributed by atoms with Crippen LogP contribution in [0.5, 0.6) is 0 Å². The molecule has 0 radical (unpaired) electrons. The number of carbonyl (C=O) groups is 2. The fourth-order valence-corrected chi connectivity index (χ4v) is 3.62. The first-order valence-electron chi connectivity index (χ1n) is 8.60. The first-order valence-corrected chi connectivity index (χ1v) is 8.60. The predicted octanol–water partition coefficient (Wildman–Crippen LogP) is 2.72. The smallest absolute Gasteiger partial charge is 0.245 e. The molecule has 2 rings (SSSR count). The van der Waals surface area contributed by atoms with Crippen LogP contribution in [0.2, 0.25) is 0 Å². The van der Waals surface area contributed by atoms with Crippen LogP contribution >= 0.6 is 0 Å². The van der Waals surface area contributed by atoms with Gasteiger partial charge in [-0.15, -0.1) is 0 Å². The number of hydrogen-bond donors (Lipinski definition) is 1. The van der Waals surface area contributed by atoms with Crippen LogP contribution in [0.25, 0.3) is 0 Å². The number of rotatable bonds is 5. The van der Waals surface area contributed by atoms with Gasteiger partial charge in [-0.25, -0.2) is 0 Å². The molecule has 120 valence electrons. The summed E-state index contributed by atoms with van der Waals surface area (Å²) in [7, 11) is 0. The first kappa shape index (κ1) is 16.3. The highest BCUT2D eigenvalue weighted by Crippen LogP contribution is 2.27. The summed E-state index contributed by atoms with van der Waals surface area (Å²) in [5.41, 5.74) is 0. The van der Waals surface area contributed by atoms with Gasteiger partial charge in [0.2, 0.25) is 11.8 Å². The lowest BCUT2D eigenvalue weighted by Crippen LogP contribution is -2.62. The van der Waals surface area contributed by atoms with Crippen molar-refractivity contribution in [1.29, 1.82) is 0 Å². The number of carbonyl (C=O) groups excluding carboxylic acids is 2. The third-order valence-corrected chi connectivity index (χ3v) is 4.95. The fraction of sp³-hybridized carbons (Fsp3) is 0.882. The Labute approximate surface area is 128 Å². The van der Waals surface area contributed by atoms with Gasteiger partial charge < -0.3 is 10.2 Å². The molecule has 2 atom stereocenters. The molecule has 2 aliphatic rings. The van der Waals surface area contributed by atoms with Crippen LogP contribution in [0.15, 0.2) is 0 Å². The zero-order valence-corrected chi connectivity index (χ0v) is 13.7. The number of piperazine rings is 1.